The summed E-state index contributed by atoms with van der Waals surface area (Å²) >= 11 is 0. The monoisotopic (exact) mass is 223 g/mol. The first kappa shape index (κ1) is 10.2. The molecule has 0 spiro atoms. The van der Waals surface area contributed by atoms with Crippen molar-refractivity contribution in [2.45, 2.75) is 13.3 Å². The number of rotatable bonds is 1. The van der Waals surface area contributed by atoms with E-state index in [1.807, 2.05) is 43.3 Å². The smallest absolute Gasteiger partial charge is 0.166 e. The average molecular weight is 223 g/mol. The Morgan fingerprint density at radius 2 is 1.94 bits per heavy atom. The van der Waals surface area contributed by atoms with E-state index < -0.39 is 0 Å². The standard InChI is InChI=1S/C15H13NO/c1-10-9-13-11(14-7-2-3-8-16-14)5-4-6-12(13)15(10)17/h2-8,10H,9H2,1H3. The topological polar surface area (TPSA) is 30.0 Å². The van der Waals surface area contributed by atoms with Crippen LogP contribution in [0.4, 0.5) is 0 Å². The highest BCUT2D eigenvalue weighted by atomic mass is 16.1. The Balaban J connectivity index is 2.19. The minimum absolute atomic E-state index is 0.106. The summed E-state index contributed by atoms with van der Waals surface area (Å²) in [5.74, 6) is 0.368. The van der Waals surface area contributed by atoms with Crippen LogP contribution in [0.3, 0.4) is 0 Å². The highest BCUT2D eigenvalue weighted by Gasteiger charge is 2.28. The molecule has 0 N–H and O–H groups in total. The summed E-state index contributed by atoms with van der Waals surface area (Å²) in [6.45, 7) is 1.99. The largest absolute Gasteiger partial charge is 0.294 e. The van der Waals surface area contributed by atoms with Crippen LogP contribution in [0, 0.1) is 5.92 Å². The van der Waals surface area contributed by atoms with E-state index in [0.29, 0.717) is 0 Å². The fraction of sp³-hybridized carbons (Fsp3) is 0.200. The minimum Gasteiger partial charge on any atom is -0.294 e. The summed E-state index contributed by atoms with van der Waals surface area (Å²) in [5.41, 5.74) is 4.08. The molecule has 2 nitrogen and oxygen atoms in total. The van der Waals surface area contributed by atoms with Gasteiger partial charge in [0.1, 0.15) is 0 Å². The van der Waals surface area contributed by atoms with Crippen molar-refractivity contribution < 1.29 is 4.79 Å². The number of pyridine rings is 1. The van der Waals surface area contributed by atoms with E-state index in [-0.39, 0.29) is 11.7 Å². The molecule has 0 saturated carbocycles. The molecule has 2 heteroatoms. The fourth-order valence-corrected chi connectivity index (χ4v) is 2.46. The molecule has 1 aliphatic rings. The number of hydrogen-bond acceptors (Lipinski definition) is 2. The van der Waals surface area contributed by atoms with Gasteiger partial charge in [0.05, 0.1) is 5.69 Å². The van der Waals surface area contributed by atoms with Crippen LogP contribution in [0.25, 0.3) is 11.3 Å². The van der Waals surface area contributed by atoms with E-state index in [2.05, 4.69) is 4.98 Å². The van der Waals surface area contributed by atoms with E-state index in [4.69, 9.17) is 0 Å². The lowest BCUT2D eigenvalue weighted by Gasteiger charge is -2.06. The lowest BCUT2D eigenvalue weighted by atomic mass is 10.00. The number of Topliss-reactive ketones (excluding diaryl/α,β-unsaturated/α-hetero) is 1. The van der Waals surface area contributed by atoms with Crippen molar-refractivity contribution in [3.63, 3.8) is 0 Å². The normalized spacial score (nSPS) is 18.2. The molecule has 3 rings (SSSR count). The number of aromatic nitrogens is 1. The minimum atomic E-state index is 0.106. The van der Waals surface area contributed by atoms with Gasteiger partial charge in [-0.2, -0.15) is 0 Å². The van der Waals surface area contributed by atoms with Crippen molar-refractivity contribution in [3.8, 4) is 11.3 Å². The molecule has 17 heavy (non-hydrogen) atoms. The van der Waals surface area contributed by atoms with Gasteiger partial charge in [0, 0.05) is 23.2 Å². The molecular formula is C15H13NO. The van der Waals surface area contributed by atoms with Crippen LogP contribution in [0.2, 0.25) is 0 Å². The van der Waals surface area contributed by atoms with Crippen LogP contribution >= 0.6 is 0 Å². The SMILES string of the molecule is CC1Cc2c(cccc2-c2ccccn2)C1=O. The molecule has 1 heterocycles. The van der Waals surface area contributed by atoms with Gasteiger partial charge < -0.3 is 0 Å². The van der Waals surface area contributed by atoms with E-state index in [1.165, 1.54) is 0 Å². The molecule has 0 radical (unpaired) electrons. The van der Waals surface area contributed by atoms with Crippen LogP contribution in [-0.2, 0) is 6.42 Å². The van der Waals surface area contributed by atoms with Crippen LogP contribution in [0.1, 0.15) is 22.8 Å². The van der Waals surface area contributed by atoms with Crippen LogP contribution in [0.15, 0.2) is 42.6 Å². The van der Waals surface area contributed by atoms with Gasteiger partial charge in [0.15, 0.2) is 5.78 Å². The Morgan fingerprint density at radius 3 is 2.71 bits per heavy atom. The lowest BCUT2D eigenvalue weighted by molar-refractivity contribution is 0.0946. The van der Waals surface area contributed by atoms with Crippen molar-refractivity contribution in [1.82, 2.24) is 4.98 Å². The summed E-state index contributed by atoms with van der Waals surface area (Å²) in [7, 11) is 0. The molecule has 2 aromatic rings. The van der Waals surface area contributed by atoms with Gasteiger partial charge in [-0.15, -0.1) is 0 Å². The number of carbonyl (C=O) groups excluding carboxylic acids is 1. The van der Waals surface area contributed by atoms with E-state index in [1.54, 1.807) is 6.20 Å². The van der Waals surface area contributed by atoms with E-state index in [0.717, 1.165) is 28.8 Å². The number of hydrogen-bond donors (Lipinski definition) is 0. The molecular weight excluding hydrogens is 210 g/mol. The molecule has 1 aromatic heterocycles. The van der Waals surface area contributed by atoms with E-state index >= 15 is 0 Å². The summed E-state index contributed by atoms with van der Waals surface area (Å²) in [6.07, 6.45) is 2.62. The van der Waals surface area contributed by atoms with Crippen molar-refractivity contribution in [1.29, 1.82) is 0 Å². The number of benzene rings is 1. The third-order valence-corrected chi connectivity index (χ3v) is 3.34. The van der Waals surface area contributed by atoms with Gasteiger partial charge in [-0.05, 0) is 24.1 Å². The molecule has 0 saturated heterocycles. The van der Waals surface area contributed by atoms with Gasteiger partial charge in [0.2, 0.25) is 0 Å². The third-order valence-electron chi connectivity index (χ3n) is 3.34. The molecule has 0 bridgehead atoms. The molecule has 84 valence electrons. The predicted molar refractivity (Wildman–Crippen MR) is 66.9 cm³/mol. The first-order valence-corrected chi connectivity index (χ1v) is 5.85. The number of fused-ring (bicyclic) bond motifs is 1. The second-order valence-corrected chi connectivity index (χ2v) is 4.52. The average Bonchev–Trinajstić information content (AvgIpc) is 2.67. The van der Waals surface area contributed by atoms with Gasteiger partial charge >= 0.3 is 0 Å². The molecule has 0 amide bonds. The second kappa shape index (κ2) is 3.81. The van der Waals surface area contributed by atoms with Crippen LogP contribution in [-0.4, -0.2) is 10.8 Å². The zero-order chi connectivity index (χ0) is 11.8. The number of carbonyl (C=O) groups is 1. The lowest BCUT2D eigenvalue weighted by Crippen LogP contribution is -2.02. The quantitative estimate of drug-likeness (QED) is 0.743. The number of ketones is 1. The molecule has 1 atom stereocenters. The maximum Gasteiger partial charge on any atom is 0.166 e. The van der Waals surface area contributed by atoms with Crippen molar-refractivity contribution in [3.05, 3.63) is 53.7 Å². The Hall–Kier alpha value is -1.96. The summed E-state index contributed by atoms with van der Waals surface area (Å²) < 4.78 is 0. The van der Waals surface area contributed by atoms with Gasteiger partial charge in [-0.1, -0.05) is 31.2 Å². The number of nitrogens with zero attached hydrogens (tertiary/aromatic N) is 1. The summed E-state index contributed by atoms with van der Waals surface area (Å²) in [4.78, 5) is 16.3. The van der Waals surface area contributed by atoms with Crippen LogP contribution in [0.5, 0.6) is 0 Å². The van der Waals surface area contributed by atoms with Crippen molar-refractivity contribution in [2.24, 2.45) is 5.92 Å². The first-order valence-electron chi connectivity index (χ1n) is 5.85. The van der Waals surface area contributed by atoms with Gasteiger partial charge in [-0.25, -0.2) is 0 Å². The Morgan fingerprint density at radius 1 is 1.12 bits per heavy atom. The van der Waals surface area contributed by atoms with Crippen LogP contribution < -0.4 is 0 Å². The summed E-state index contributed by atoms with van der Waals surface area (Å²) in [5, 5.41) is 0. The molecule has 0 aliphatic heterocycles. The fourth-order valence-electron chi connectivity index (χ4n) is 2.46. The van der Waals surface area contributed by atoms with Gasteiger partial charge in [0.25, 0.3) is 0 Å². The zero-order valence-corrected chi connectivity index (χ0v) is 9.68. The maximum absolute atomic E-state index is 12.0. The molecule has 0 fully saturated rings. The van der Waals surface area contributed by atoms with Crippen molar-refractivity contribution in [2.75, 3.05) is 0 Å². The van der Waals surface area contributed by atoms with Crippen molar-refractivity contribution >= 4 is 5.78 Å². The second-order valence-electron chi connectivity index (χ2n) is 4.52. The molecule has 1 aromatic carbocycles. The maximum atomic E-state index is 12.0. The third kappa shape index (κ3) is 1.57. The highest BCUT2D eigenvalue weighted by molar-refractivity contribution is 6.03. The predicted octanol–water partition coefficient (Wildman–Crippen LogP) is 3.12. The molecule has 1 aliphatic carbocycles. The zero-order valence-electron chi connectivity index (χ0n) is 9.68. The Labute approximate surface area is 100 Å². The Kier molecular flexibility index (Phi) is 2.29. The molecule has 1 unspecified atom stereocenters. The first-order chi connectivity index (χ1) is 8.27. The van der Waals surface area contributed by atoms with E-state index in [9.17, 15) is 4.79 Å². The van der Waals surface area contributed by atoms with Gasteiger partial charge in [-0.3, -0.25) is 9.78 Å². The summed E-state index contributed by atoms with van der Waals surface area (Å²) in [6, 6.07) is 11.8. The highest BCUT2D eigenvalue weighted by Crippen LogP contribution is 2.33. The Bertz CT molecular complexity index is 575.